The van der Waals surface area contributed by atoms with Crippen LogP contribution in [-0.4, -0.2) is 24.2 Å². The van der Waals surface area contributed by atoms with E-state index >= 15 is 0 Å². The Morgan fingerprint density at radius 2 is 2.21 bits per heavy atom. The molecule has 0 bridgehead atoms. The van der Waals surface area contributed by atoms with Gasteiger partial charge in [-0.15, -0.1) is 0 Å². The number of aryl methyl sites for hydroxylation is 1. The van der Waals surface area contributed by atoms with Crippen LogP contribution in [-0.2, 0) is 4.74 Å². The zero-order valence-corrected chi connectivity index (χ0v) is 12.1. The lowest BCUT2D eigenvalue weighted by molar-refractivity contribution is 0.0659. The number of aromatic nitrogens is 1. The molecule has 1 aromatic heterocycles. The van der Waals surface area contributed by atoms with Gasteiger partial charge in [0.05, 0.1) is 22.9 Å². The van der Waals surface area contributed by atoms with Gasteiger partial charge in [-0.1, -0.05) is 36.3 Å². The molecule has 1 aliphatic carbocycles. The van der Waals surface area contributed by atoms with E-state index in [1.54, 1.807) is 11.3 Å². The lowest BCUT2D eigenvalue weighted by Crippen LogP contribution is -2.15. The molecule has 19 heavy (non-hydrogen) atoms. The highest BCUT2D eigenvalue weighted by Gasteiger charge is 2.14. The minimum absolute atomic E-state index is 0.499. The van der Waals surface area contributed by atoms with Gasteiger partial charge in [0.2, 0.25) is 0 Å². The summed E-state index contributed by atoms with van der Waals surface area (Å²) >= 11 is 1.72. The van der Waals surface area contributed by atoms with Gasteiger partial charge in [0.1, 0.15) is 0 Å². The molecule has 102 valence electrons. The van der Waals surface area contributed by atoms with Crippen LogP contribution in [0.2, 0.25) is 0 Å². The summed E-state index contributed by atoms with van der Waals surface area (Å²) in [6.07, 6.45) is 5.63. The maximum atomic E-state index is 5.84. The monoisotopic (exact) mass is 276 g/mol. The summed E-state index contributed by atoms with van der Waals surface area (Å²) in [4.78, 5) is 4.63. The van der Waals surface area contributed by atoms with Gasteiger partial charge >= 0.3 is 0 Å². The first kappa shape index (κ1) is 12.9. The molecule has 0 radical (unpaired) electrons. The molecule has 0 spiro atoms. The van der Waals surface area contributed by atoms with Crippen molar-refractivity contribution in [1.29, 1.82) is 0 Å². The quantitative estimate of drug-likeness (QED) is 0.839. The molecule has 3 rings (SSSR count). The van der Waals surface area contributed by atoms with Crippen LogP contribution >= 0.6 is 11.3 Å². The van der Waals surface area contributed by atoms with E-state index in [1.807, 2.05) is 0 Å². The minimum Gasteiger partial charge on any atom is -0.376 e. The first-order valence-electron chi connectivity index (χ1n) is 7.04. The summed E-state index contributed by atoms with van der Waals surface area (Å²) < 4.78 is 7.09. The average molecular weight is 276 g/mol. The Balaban J connectivity index is 1.52. The number of nitrogens with zero attached hydrogens (tertiary/aromatic N) is 1. The first-order valence-corrected chi connectivity index (χ1v) is 7.86. The summed E-state index contributed by atoms with van der Waals surface area (Å²) in [5.74, 6) is 0. The number of hydrogen-bond acceptors (Lipinski definition) is 4. The van der Waals surface area contributed by atoms with Crippen LogP contribution in [0.3, 0.4) is 0 Å². The molecule has 1 N–H and O–H groups in total. The number of hydrogen-bond donors (Lipinski definition) is 1. The van der Waals surface area contributed by atoms with E-state index in [0.717, 1.165) is 23.8 Å². The van der Waals surface area contributed by atoms with Crippen molar-refractivity contribution in [3.05, 3.63) is 23.8 Å². The Kier molecular flexibility index (Phi) is 3.99. The van der Waals surface area contributed by atoms with E-state index in [0.29, 0.717) is 6.10 Å². The van der Waals surface area contributed by atoms with E-state index < -0.39 is 0 Å². The maximum Gasteiger partial charge on any atom is 0.183 e. The summed E-state index contributed by atoms with van der Waals surface area (Å²) in [5, 5.41) is 4.37. The van der Waals surface area contributed by atoms with Crippen molar-refractivity contribution in [1.82, 2.24) is 4.98 Å². The molecule has 0 atom stereocenters. The van der Waals surface area contributed by atoms with Crippen LogP contribution in [0.15, 0.2) is 18.2 Å². The molecular weight excluding hydrogens is 256 g/mol. The third-order valence-corrected chi connectivity index (χ3v) is 4.63. The fourth-order valence-corrected chi connectivity index (χ4v) is 3.57. The summed E-state index contributed by atoms with van der Waals surface area (Å²) in [6.45, 7) is 3.73. The third kappa shape index (κ3) is 3.07. The van der Waals surface area contributed by atoms with Crippen molar-refractivity contribution in [3.63, 3.8) is 0 Å². The Hall–Kier alpha value is -1.13. The highest BCUT2D eigenvalue weighted by atomic mass is 32.1. The molecule has 0 saturated heterocycles. The van der Waals surface area contributed by atoms with E-state index in [1.165, 1.54) is 35.9 Å². The number of thiazole rings is 1. The Labute approximate surface area is 118 Å². The second-order valence-electron chi connectivity index (χ2n) is 5.14. The molecule has 4 heteroatoms. The molecule has 1 aliphatic rings. The second kappa shape index (κ2) is 5.88. The SMILES string of the molecule is Cc1cccc2sc(NCCOC3CCCC3)nc12. The Morgan fingerprint density at radius 1 is 1.37 bits per heavy atom. The predicted molar refractivity (Wildman–Crippen MR) is 81.1 cm³/mol. The van der Waals surface area contributed by atoms with Gasteiger partial charge in [-0.25, -0.2) is 4.98 Å². The highest BCUT2D eigenvalue weighted by molar-refractivity contribution is 7.22. The summed E-state index contributed by atoms with van der Waals surface area (Å²) in [7, 11) is 0. The number of fused-ring (bicyclic) bond motifs is 1. The molecular formula is C15H20N2OS. The van der Waals surface area contributed by atoms with E-state index in [9.17, 15) is 0 Å². The molecule has 0 aliphatic heterocycles. The second-order valence-corrected chi connectivity index (χ2v) is 6.18. The van der Waals surface area contributed by atoms with Gasteiger partial charge in [-0.05, 0) is 31.4 Å². The zero-order chi connectivity index (χ0) is 13.1. The number of ether oxygens (including phenoxy) is 1. The Bertz CT molecular complexity index is 546. The van der Waals surface area contributed by atoms with Crippen LogP contribution in [0, 0.1) is 6.92 Å². The van der Waals surface area contributed by atoms with Gasteiger partial charge in [-0.2, -0.15) is 0 Å². The molecule has 3 nitrogen and oxygen atoms in total. The van der Waals surface area contributed by atoms with Crippen LogP contribution in [0.1, 0.15) is 31.2 Å². The van der Waals surface area contributed by atoms with E-state index in [2.05, 4.69) is 35.4 Å². The predicted octanol–water partition coefficient (Wildman–Crippen LogP) is 3.98. The number of nitrogens with one attached hydrogen (secondary N) is 1. The van der Waals surface area contributed by atoms with Crippen LogP contribution in [0.5, 0.6) is 0 Å². The number of para-hydroxylation sites is 1. The van der Waals surface area contributed by atoms with Gasteiger partial charge in [-0.3, -0.25) is 0 Å². The number of benzene rings is 1. The highest BCUT2D eigenvalue weighted by Crippen LogP contribution is 2.27. The van der Waals surface area contributed by atoms with Crippen molar-refractivity contribution in [2.45, 2.75) is 38.7 Å². The van der Waals surface area contributed by atoms with Crippen molar-refractivity contribution in [2.24, 2.45) is 0 Å². The molecule has 0 unspecified atom stereocenters. The minimum atomic E-state index is 0.499. The standard InChI is InChI=1S/C15H20N2OS/c1-11-5-4-8-13-14(11)17-15(19-13)16-9-10-18-12-6-2-3-7-12/h4-5,8,12H,2-3,6-7,9-10H2,1H3,(H,16,17). The molecule has 1 fully saturated rings. The fourth-order valence-electron chi connectivity index (χ4n) is 2.60. The lowest BCUT2D eigenvalue weighted by atomic mass is 10.2. The van der Waals surface area contributed by atoms with Crippen LogP contribution in [0.25, 0.3) is 10.2 Å². The summed E-state index contributed by atoms with van der Waals surface area (Å²) in [6, 6.07) is 6.32. The van der Waals surface area contributed by atoms with Gasteiger partial charge < -0.3 is 10.1 Å². The van der Waals surface area contributed by atoms with Gasteiger partial charge in [0.25, 0.3) is 0 Å². The third-order valence-electron chi connectivity index (χ3n) is 3.65. The molecule has 2 aromatic rings. The van der Waals surface area contributed by atoms with E-state index in [-0.39, 0.29) is 0 Å². The lowest BCUT2D eigenvalue weighted by Gasteiger charge is -2.10. The molecule has 1 saturated carbocycles. The first-order chi connectivity index (χ1) is 9.33. The maximum absolute atomic E-state index is 5.84. The van der Waals surface area contributed by atoms with Crippen molar-refractivity contribution in [3.8, 4) is 0 Å². The van der Waals surface area contributed by atoms with Gasteiger partial charge in [0.15, 0.2) is 5.13 Å². The van der Waals surface area contributed by atoms with Crippen LogP contribution < -0.4 is 5.32 Å². The van der Waals surface area contributed by atoms with Crippen molar-refractivity contribution in [2.75, 3.05) is 18.5 Å². The fraction of sp³-hybridized carbons (Fsp3) is 0.533. The normalized spacial score (nSPS) is 16.3. The number of rotatable bonds is 5. The zero-order valence-electron chi connectivity index (χ0n) is 11.3. The smallest absolute Gasteiger partial charge is 0.183 e. The van der Waals surface area contributed by atoms with Gasteiger partial charge in [0, 0.05) is 6.54 Å². The molecule has 1 aromatic carbocycles. The molecule has 1 heterocycles. The van der Waals surface area contributed by atoms with Crippen molar-refractivity contribution < 1.29 is 4.74 Å². The summed E-state index contributed by atoms with van der Waals surface area (Å²) in [5.41, 5.74) is 2.36. The Morgan fingerprint density at radius 3 is 3.00 bits per heavy atom. The number of anilines is 1. The van der Waals surface area contributed by atoms with E-state index in [4.69, 9.17) is 4.74 Å². The average Bonchev–Trinajstić information content (AvgIpc) is 3.04. The topological polar surface area (TPSA) is 34.1 Å². The van der Waals surface area contributed by atoms with Crippen LogP contribution in [0.4, 0.5) is 5.13 Å². The largest absolute Gasteiger partial charge is 0.376 e. The van der Waals surface area contributed by atoms with Crippen molar-refractivity contribution >= 4 is 26.7 Å². The molecule has 0 amide bonds.